The average molecular weight is 256 g/mol. The third kappa shape index (κ3) is 2.66. The molecular weight excluding hydrogens is 240 g/mol. The fourth-order valence-corrected chi connectivity index (χ4v) is 2.31. The van der Waals surface area contributed by atoms with Crippen LogP contribution in [0.15, 0.2) is 60.0 Å². The van der Waals surface area contributed by atoms with Gasteiger partial charge in [0.25, 0.3) is 0 Å². The molecule has 18 heavy (non-hydrogen) atoms. The third-order valence-electron chi connectivity index (χ3n) is 2.95. The Bertz CT molecular complexity index is 543. The Morgan fingerprint density at radius 1 is 1.11 bits per heavy atom. The summed E-state index contributed by atoms with van der Waals surface area (Å²) >= 11 is 1.72. The van der Waals surface area contributed by atoms with Crippen LogP contribution in [0.1, 0.15) is 16.7 Å². The van der Waals surface area contributed by atoms with Gasteiger partial charge in [-0.05, 0) is 40.7 Å². The predicted octanol–water partition coefficient (Wildman–Crippen LogP) is 3.96. The highest BCUT2D eigenvalue weighted by Crippen LogP contribution is 2.26. The van der Waals surface area contributed by atoms with Crippen LogP contribution in [0.5, 0.6) is 0 Å². The third-order valence-corrected chi connectivity index (χ3v) is 3.69. The van der Waals surface area contributed by atoms with Gasteiger partial charge in [0.15, 0.2) is 0 Å². The van der Waals surface area contributed by atoms with Crippen molar-refractivity contribution in [2.24, 2.45) is 0 Å². The van der Waals surface area contributed by atoms with Crippen molar-refractivity contribution in [2.75, 3.05) is 6.26 Å². The van der Waals surface area contributed by atoms with Crippen LogP contribution in [-0.2, 0) is 6.61 Å². The molecule has 2 aromatic rings. The zero-order chi connectivity index (χ0) is 13.0. The van der Waals surface area contributed by atoms with Crippen LogP contribution in [-0.4, -0.2) is 11.4 Å². The van der Waals surface area contributed by atoms with Crippen molar-refractivity contribution >= 4 is 17.3 Å². The zero-order valence-electron chi connectivity index (χ0n) is 10.4. The second-order valence-corrected chi connectivity index (χ2v) is 4.90. The summed E-state index contributed by atoms with van der Waals surface area (Å²) in [6, 6.07) is 16.1. The Hall–Kier alpha value is -1.51. The van der Waals surface area contributed by atoms with Crippen LogP contribution in [0.4, 0.5) is 0 Å². The van der Waals surface area contributed by atoms with E-state index >= 15 is 0 Å². The Morgan fingerprint density at radius 2 is 1.78 bits per heavy atom. The smallest absolute Gasteiger partial charge is 0.0687 e. The Balaban J connectivity index is 2.35. The monoisotopic (exact) mass is 256 g/mol. The van der Waals surface area contributed by atoms with Crippen molar-refractivity contribution in [2.45, 2.75) is 11.5 Å². The van der Waals surface area contributed by atoms with Crippen molar-refractivity contribution in [1.29, 1.82) is 0 Å². The minimum atomic E-state index is 0.0398. The highest BCUT2D eigenvalue weighted by Gasteiger charge is 2.06. The van der Waals surface area contributed by atoms with Gasteiger partial charge in [-0.25, -0.2) is 0 Å². The normalized spacial score (nSPS) is 10.3. The van der Waals surface area contributed by atoms with Gasteiger partial charge < -0.3 is 5.11 Å². The fourth-order valence-electron chi connectivity index (χ4n) is 1.90. The summed E-state index contributed by atoms with van der Waals surface area (Å²) in [7, 11) is 0. The van der Waals surface area contributed by atoms with Gasteiger partial charge in [-0.3, -0.25) is 0 Å². The molecule has 0 aliphatic rings. The van der Waals surface area contributed by atoms with E-state index < -0.39 is 0 Å². The number of rotatable bonds is 4. The fraction of sp³-hybridized carbons (Fsp3) is 0.125. The first-order valence-corrected chi connectivity index (χ1v) is 7.01. The molecule has 1 nitrogen and oxygen atoms in total. The highest BCUT2D eigenvalue weighted by molar-refractivity contribution is 7.98. The van der Waals surface area contributed by atoms with Gasteiger partial charge in [0.2, 0.25) is 0 Å². The molecule has 92 valence electrons. The number of aliphatic hydroxyl groups excluding tert-OH is 1. The number of hydrogen-bond acceptors (Lipinski definition) is 2. The Kier molecular flexibility index (Phi) is 4.24. The molecule has 0 spiro atoms. The predicted molar refractivity (Wildman–Crippen MR) is 78.7 cm³/mol. The van der Waals surface area contributed by atoms with Crippen LogP contribution in [0.3, 0.4) is 0 Å². The van der Waals surface area contributed by atoms with Crippen molar-refractivity contribution in [3.8, 4) is 0 Å². The molecule has 2 heteroatoms. The van der Waals surface area contributed by atoms with E-state index in [1.165, 1.54) is 4.90 Å². The molecule has 0 saturated heterocycles. The van der Waals surface area contributed by atoms with E-state index in [0.29, 0.717) is 0 Å². The maximum absolute atomic E-state index is 9.35. The number of aliphatic hydroxyl groups is 1. The van der Waals surface area contributed by atoms with Crippen LogP contribution >= 0.6 is 11.8 Å². The summed E-state index contributed by atoms with van der Waals surface area (Å²) in [5.74, 6) is 0. The molecule has 0 heterocycles. The molecular formula is C16H16OS. The number of hydrogen-bond donors (Lipinski definition) is 1. The Morgan fingerprint density at radius 3 is 2.39 bits per heavy atom. The maximum atomic E-state index is 9.35. The second kappa shape index (κ2) is 5.89. The van der Waals surface area contributed by atoms with Gasteiger partial charge in [0, 0.05) is 4.90 Å². The zero-order valence-corrected chi connectivity index (χ0v) is 11.2. The molecule has 0 bridgehead atoms. The second-order valence-electron chi connectivity index (χ2n) is 4.02. The lowest BCUT2D eigenvalue weighted by Gasteiger charge is -2.11. The van der Waals surface area contributed by atoms with E-state index in [1.807, 2.05) is 24.3 Å². The van der Waals surface area contributed by atoms with Crippen LogP contribution in [0, 0.1) is 0 Å². The van der Waals surface area contributed by atoms with Crippen LogP contribution in [0.2, 0.25) is 0 Å². The SMILES string of the molecule is C=C(c1ccc(SC)cc1)c1ccccc1CO. The lowest BCUT2D eigenvalue weighted by molar-refractivity contribution is 0.281. The summed E-state index contributed by atoms with van der Waals surface area (Å²) in [5.41, 5.74) is 3.97. The summed E-state index contributed by atoms with van der Waals surface area (Å²) < 4.78 is 0. The van der Waals surface area contributed by atoms with Crippen molar-refractivity contribution < 1.29 is 5.11 Å². The molecule has 0 aliphatic carbocycles. The van der Waals surface area contributed by atoms with Gasteiger partial charge in [-0.1, -0.05) is 43.0 Å². The highest BCUT2D eigenvalue weighted by atomic mass is 32.2. The van der Waals surface area contributed by atoms with E-state index in [2.05, 4.69) is 37.1 Å². The molecule has 0 amide bonds. The lowest BCUT2D eigenvalue weighted by atomic mass is 9.95. The first-order chi connectivity index (χ1) is 8.76. The topological polar surface area (TPSA) is 20.2 Å². The number of benzene rings is 2. The van der Waals surface area contributed by atoms with Crippen molar-refractivity contribution in [3.05, 3.63) is 71.8 Å². The maximum Gasteiger partial charge on any atom is 0.0687 e. The first kappa shape index (κ1) is 12.9. The molecule has 1 N–H and O–H groups in total. The molecule has 0 fully saturated rings. The van der Waals surface area contributed by atoms with Gasteiger partial charge in [-0.2, -0.15) is 0 Å². The quantitative estimate of drug-likeness (QED) is 0.835. The van der Waals surface area contributed by atoms with Gasteiger partial charge >= 0.3 is 0 Å². The molecule has 2 rings (SSSR count). The molecule has 0 saturated carbocycles. The van der Waals surface area contributed by atoms with Gasteiger partial charge in [-0.15, -0.1) is 11.8 Å². The molecule has 0 atom stereocenters. The minimum absolute atomic E-state index is 0.0398. The minimum Gasteiger partial charge on any atom is -0.392 e. The van der Waals surface area contributed by atoms with E-state index in [0.717, 1.165) is 22.3 Å². The largest absolute Gasteiger partial charge is 0.392 e. The van der Waals surface area contributed by atoms with Crippen molar-refractivity contribution in [3.63, 3.8) is 0 Å². The summed E-state index contributed by atoms with van der Waals surface area (Å²) in [6.07, 6.45) is 2.06. The molecule has 0 aliphatic heterocycles. The van der Waals surface area contributed by atoms with Crippen molar-refractivity contribution in [1.82, 2.24) is 0 Å². The van der Waals surface area contributed by atoms with Crippen LogP contribution in [0.25, 0.3) is 5.57 Å². The molecule has 0 aromatic heterocycles. The van der Waals surface area contributed by atoms with Gasteiger partial charge in [0.05, 0.1) is 6.61 Å². The average Bonchev–Trinajstić information content (AvgIpc) is 2.46. The van der Waals surface area contributed by atoms with E-state index in [9.17, 15) is 5.11 Å². The van der Waals surface area contributed by atoms with Crippen LogP contribution < -0.4 is 0 Å². The van der Waals surface area contributed by atoms with E-state index in [-0.39, 0.29) is 6.61 Å². The summed E-state index contributed by atoms with van der Waals surface area (Å²) in [6.45, 7) is 4.18. The summed E-state index contributed by atoms with van der Waals surface area (Å²) in [4.78, 5) is 1.24. The Labute approximate surface area is 112 Å². The summed E-state index contributed by atoms with van der Waals surface area (Å²) in [5, 5.41) is 9.35. The molecule has 0 unspecified atom stereocenters. The molecule has 0 radical (unpaired) electrons. The lowest BCUT2D eigenvalue weighted by Crippen LogP contribution is -1.93. The van der Waals surface area contributed by atoms with Gasteiger partial charge in [0.1, 0.15) is 0 Å². The number of thioether (sulfide) groups is 1. The molecule has 2 aromatic carbocycles. The van der Waals surface area contributed by atoms with E-state index in [4.69, 9.17) is 0 Å². The first-order valence-electron chi connectivity index (χ1n) is 5.78. The standard InChI is InChI=1S/C16H16OS/c1-12(13-7-9-15(18-2)10-8-13)16-6-4-3-5-14(16)11-17/h3-10,17H,1,11H2,2H3. The van der Waals surface area contributed by atoms with E-state index in [1.54, 1.807) is 11.8 Å².